The van der Waals surface area contributed by atoms with Crippen LogP contribution in [0.25, 0.3) is 0 Å². The van der Waals surface area contributed by atoms with Crippen LogP contribution >= 0.6 is 0 Å². The molecule has 0 atom stereocenters. The number of hydrogen-bond donors (Lipinski definition) is 0. The summed E-state index contributed by atoms with van der Waals surface area (Å²) in [7, 11) is 0. The van der Waals surface area contributed by atoms with Gasteiger partial charge < -0.3 is 0 Å². The maximum atomic E-state index is 11.1. The Labute approximate surface area is 90.2 Å². The minimum Gasteiger partial charge on any atom is -0.299 e. The second kappa shape index (κ2) is 7.17. The molecule has 4 nitrogen and oxygen atoms in total. The molecule has 0 saturated carbocycles. The summed E-state index contributed by atoms with van der Waals surface area (Å²) in [6, 6.07) is 0. The molecule has 0 N–H and O–H groups in total. The Kier molecular flexibility index (Phi) is 6.62. The van der Waals surface area contributed by atoms with Crippen molar-refractivity contribution in [2.24, 2.45) is 0 Å². The number of hydrogen-bond acceptors (Lipinski definition) is 4. The van der Waals surface area contributed by atoms with E-state index in [-0.39, 0.29) is 5.97 Å². The van der Waals surface area contributed by atoms with E-state index in [0.717, 1.165) is 0 Å². The largest absolute Gasteiger partial charge is 0.342 e. The summed E-state index contributed by atoms with van der Waals surface area (Å²) in [6.45, 7) is 5.40. The first-order chi connectivity index (χ1) is 6.95. The average molecular weight is 214 g/mol. The summed E-state index contributed by atoms with van der Waals surface area (Å²) < 4.78 is 0. The molecule has 0 saturated heterocycles. The molecule has 0 rings (SSSR count). The van der Waals surface area contributed by atoms with Crippen molar-refractivity contribution >= 4 is 12.3 Å². The second-order valence-corrected chi connectivity index (χ2v) is 4.11. The van der Waals surface area contributed by atoms with Gasteiger partial charge in [0.15, 0.2) is 0 Å². The van der Waals surface area contributed by atoms with Crippen LogP contribution in [0.15, 0.2) is 12.2 Å². The molecule has 0 fully saturated rings. The summed E-state index contributed by atoms with van der Waals surface area (Å²) >= 11 is 0. The minimum atomic E-state index is -0.479. The van der Waals surface area contributed by atoms with Crippen LogP contribution in [0.1, 0.15) is 40.0 Å². The normalized spacial score (nSPS) is 11.7. The molecule has 0 aromatic heterocycles. The molecule has 0 aromatic carbocycles. The van der Waals surface area contributed by atoms with Gasteiger partial charge in [-0.2, -0.15) is 4.89 Å². The number of unbranched alkanes of at least 4 members (excludes halogenated alkanes) is 1. The van der Waals surface area contributed by atoms with Gasteiger partial charge in [0.2, 0.25) is 0 Å². The van der Waals surface area contributed by atoms with Crippen LogP contribution in [-0.4, -0.2) is 17.9 Å². The smallest absolute Gasteiger partial charge is 0.299 e. The highest BCUT2D eigenvalue weighted by Gasteiger charge is 2.14. The zero-order chi connectivity index (χ0) is 11.7. The quantitative estimate of drug-likeness (QED) is 0.223. The van der Waals surface area contributed by atoms with Gasteiger partial charge in [0.05, 0.1) is 0 Å². The molecule has 0 aliphatic rings. The summed E-state index contributed by atoms with van der Waals surface area (Å²) in [4.78, 5) is 30.4. The van der Waals surface area contributed by atoms with Crippen LogP contribution in [-0.2, 0) is 19.4 Å². The van der Waals surface area contributed by atoms with Crippen molar-refractivity contribution in [1.82, 2.24) is 0 Å². The summed E-state index contributed by atoms with van der Waals surface area (Å²) in [6.07, 6.45) is 5.46. The van der Waals surface area contributed by atoms with Crippen molar-refractivity contribution in [2.75, 3.05) is 0 Å². The molecule has 0 amide bonds. The van der Waals surface area contributed by atoms with Gasteiger partial charge in [-0.05, 0) is 39.7 Å². The molecule has 0 aliphatic heterocycles. The van der Waals surface area contributed by atoms with Gasteiger partial charge >= 0.3 is 5.97 Å². The van der Waals surface area contributed by atoms with Crippen molar-refractivity contribution in [3.05, 3.63) is 12.2 Å². The maximum absolute atomic E-state index is 11.1. The zero-order valence-electron chi connectivity index (χ0n) is 9.49. The Hall–Kier alpha value is -1.16. The maximum Gasteiger partial charge on any atom is 0.342 e. The van der Waals surface area contributed by atoms with Gasteiger partial charge in [-0.25, -0.2) is 4.79 Å². The lowest BCUT2D eigenvalue weighted by molar-refractivity contribution is -0.320. The SMILES string of the molecule is CC(C)(C)OOC(=O)CCCC=CC=O. The first-order valence-corrected chi connectivity index (χ1v) is 4.94. The Morgan fingerprint density at radius 2 is 2.00 bits per heavy atom. The second-order valence-electron chi connectivity index (χ2n) is 4.11. The molecule has 0 spiro atoms. The van der Waals surface area contributed by atoms with E-state index in [1.54, 1.807) is 26.8 Å². The fourth-order valence-corrected chi connectivity index (χ4v) is 0.729. The van der Waals surface area contributed by atoms with E-state index in [0.29, 0.717) is 25.5 Å². The fraction of sp³-hybridized carbons (Fsp3) is 0.636. The molecule has 0 bridgehead atoms. The fourth-order valence-electron chi connectivity index (χ4n) is 0.729. The predicted molar refractivity (Wildman–Crippen MR) is 56.0 cm³/mol. The topological polar surface area (TPSA) is 52.6 Å². The van der Waals surface area contributed by atoms with Gasteiger partial charge in [0.1, 0.15) is 11.9 Å². The van der Waals surface area contributed by atoms with Crippen LogP contribution in [0.2, 0.25) is 0 Å². The summed E-state index contributed by atoms with van der Waals surface area (Å²) in [5.41, 5.74) is -0.479. The van der Waals surface area contributed by atoms with E-state index in [1.165, 1.54) is 6.08 Å². The highest BCUT2D eigenvalue weighted by atomic mass is 17.2. The molecule has 86 valence electrons. The Balaban J connectivity index is 3.50. The van der Waals surface area contributed by atoms with E-state index in [2.05, 4.69) is 4.89 Å². The van der Waals surface area contributed by atoms with Crippen LogP contribution in [0.3, 0.4) is 0 Å². The van der Waals surface area contributed by atoms with Gasteiger partial charge in [-0.1, -0.05) is 6.08 Å². The van der Waals surface area contributed by atoms with Gasteiger partial charge in [0.25, 0.3) is 0 Å². The Morgan fingerprint density at radius 1 is 1.33 bits per heavy atom. The van der Waals surface area contributed by atoms with Crippen LogP contribution < -0.4 is 0 Å². The van der Waals surface area contributed by atoms with E-state index >= 15 is 0 Å². The van der Waals surface area contributed by atoms with Crippen molar-refractivity contribution in [3.8, 4) is 0 Å². The average Bonchev–Trinajstić information content (AvgIpc) is 2.13. The van der Waals surface area contributed by atoms with Crippen molar-refractivity contribution < 1.29 is 19.4 Å². The van der Waals surface area contributed by atoms with Crippen molar-refractivity contribution in [1.29, 1.82) is 0 Å². The lowest BCUT2D eigenvalue weighted by Gasteiger charge is -2.16. The molecule has 0 aromatic rings. The van der Waals surface area contributed by atoms with Crippen LogP contribution in [0, 0.1) is 0 Å². The number of carbonyl (C=O) groups is 2. The highest BCUT2D eigenvalue weighted by molar-refractivity contribution is 5.68. The third kappa shape index (κ3) is 10.8. The van der Waals surface area contributed by atoms with Crippen molar-refractivity contribution in [3.63, 3.8) is 0 Å². The minimum absolute atomic E-state index is 0.291. The third-order valence-electron chi connectivity index (χ3n) is 1.35. The Bertz CT molecular complexity index is 225. The molecule has 0 radical (unpaired) electrons. The van der Waals surface area contributed by atoms with E-state index < -0.39 is 5.60 Å². The molecule has 0 aliphatic carbocycles. The van der Waals surface area contributed by atoms with Crippen LogP contribution in [0.4, 0.5) is 0 Å². The number of allylic oxidation sites excluding steroid dienone is 2. The molecule has 4 heteroatoms. The molecule has 0 unspecified atom stereocenters. The van der Waals surface area contributed by atoms with Crippen molar-refractivity contribution in [2.45, 2.75) is 45.6 Å². The molecule has 15 heavy (non-hydrogen) atoms. The van der Waals surface area contributed by atoms with Gasteiger partial charge in [-0.15, -0.1) is 0 Å². The number of aldehydes is 1. The molecular weight excluding hydrogens is 196 g/mol. The van der Waals surface area contributed by atoms with Crippen LogP contribution in [0.5, 0.6) is 0 Å². The summed E-state index contributed by atoms with van der Waals surface area (Å²) in [5.74, 6) is -0.385. The predicted octanol–water partition coefficient (Wildman–Crippen LogP) is 2.19. The standard InChI is InChI=1S/C11H18O4/c1-11(2,3)15-14-10(13)8-6-4-5-7-9-12/h5,7,9H,4,6,8H2,1-3H3. The van der Waals surface area contributed by atoms with E-state index in [9.17, 15) is 9.59 Å². The summed E-state index contributed by atoms with van der Waals surface area (Å²) in [5, 5.41) is 0. The molecule has 0 heterocycles. The number of carbonyl (C=O) groups excluding carboxylic acids is 2. The van der Waals surface area contributed by atoms with E-state index in [1.807, 2.05) is 0 Å². The molecular formula is C11H18O4. The first kappa shape index (κ1) is 13.8. The third-order valence-corrected chi connectivity index (χ3v) is 1.35. The Morgan fingerprint density at radius 3 is 2.53 bits per heavy atom. The lowest BCUT2D eigenvalue weighted by atomic mass is 10.2. The van der Waals surface area contributed by atoms with Gasteiger partial charge in [0, 0.05) is 6.42 Å². The highest BCUT2D eigenvalue weighted by Crippen LogP contribution is 2.08. The lowest BCUT2D eigenvalue weighted by Crippen LogP contribution is -2.21. The number of rotatable bonds is 6. The van der Waals surface area contributed by atoms with E-state index in [4.69, 9.17) is 4.89 Å². The first-order valence-electron chi connectivity index (χ1n) is 4.94. The zero-order valence-corrected chi connectivity index (χ0v) is 9.49. The van der Waals surface area contributed by atoms with Gasteiger partial charge in [-0.3, -0.25) is 9.68 Å². The monoisotopic (exact) mass is 214 g/mol.